The Balaban J connectivity index is 2.17. The molecule has 0 radical (unpaired) electrons. The Hall–Kier alpha value is -2.44. The van der Waals surface area contributed by atoms with Gasteiger partial charge in [-0.3, -0.25) is 14.6 Å². The fraction of sp³-hybridized carbons (Fsp3) is 0.0714. The Morgan fingerprint density at radius 3 is 2.52 bits per heavy atom. The number of carbonyl (C=O) groups is 2. The fourth-order valence-corrected chi connectivity index (χ4v) is 1.77. The molecule has 6 nitrogen and oxygen atoms in total. The zero-order chi connectivity index (χ0) is 15.2. The van der Waals surface area contributed by atoms with E-state index in [4.69, 9.17) is 17.3 Å². The zero-order valence-corrected chi connectivity index (χ0v) is 11.7. The largest absolute Gasteiger partial charge is 0.325 e. The number of anilines is 2. The van der Waals surface area contributed by atoms with Crippen molar-refractivity contribution in [2.24, 2.45) is 5.73 Å². The predicted octanol–water partition coefficient (Wildman–Crippen LogP) is 1.88. The van der Waals surface area contributed by atoms with Crippen LogP contribution in [-0.2, 0) is 4.79 Å². The highest BCUT2D eigenvalue weighted by Crippen LogP contribution is 2.26. The number of pyridine rings is 1. The lowest BCUT2D eigenvalue weighted by atomic mass is 10.2. The van der Waals surface area contributed by atoms with Crippen LogP contribution in [0.25, 0.3) is 0 Å². The molecule has 0 saturated carbocycles. The summed E-state index contributed by atoms with van der Waals surface area (Å²) in [6.07, 6.45) is 3.04. The third-order valence-corrected chi connectivity index (χ3v) is 2.96. The van der Waals surface area contributed by atoms with E-state index in [1.807, 2.05) is 0 Å². The van der Waals surface area contributed by atoms with Crippen molar-refractivity contribution in [2.45, 2.75) is 0 Å². The maximum Gasteiger partial charge on any atom is 0.255 e. The smallest absolute Gasteiger partial charge is 0.255 e. The van der Waals surface area contributed by atoms with E-state index >= 15 is 0 Å². The Bertz CT molecular complexity index is 661. The van der Waals surface area contributed by atoms with Crippen LogP contribution in [0.1, 0.15) is 10.4 Å². The van der Waals surface area contributed by atoms with E-state index in [9.17, 15) is 9.59 Å². The third kappa shape index (κ3) is 4.01. The molecule has 0 aliphatic carbocycles. The predicted molar refractivity (Wildman–Crippen MR) is 81.3 cm³/mol. The van der Waals surface area contributed by atoms with Gasteiger partial charge < -0.3 is 16.4 Å². The van der Waals surface area contributed by atoms with Crippen LogP contribution in [0.4, 0.5) is 11.4 Å². The molecular formula is C14H13ClN4O2. The SMILES string of the molecule is NCC(=O)Nc1ccc(Cl)c(NC(=O)c2ccncc2)c1. The Morgan fingerprint density at radius 2 is 1.86 bits per heavy atom. The number of benzene rings is 1. The molecule has 0 aliphatic rings. The van der Waals surface area contributed by atoms with Gasteiger partial charge in [-0.25, -0.2) is 0 Å². The molecule has 1 aromatic carbocycles. The van der Waals surface area contributed by atoms with Crippen LogP contribution in [0.3, 0.4) is 0 Å². The summed E-state index contributed by atoms with van der Waals surface area (Å²) >= 11 is 6.03. The van der Waals surface area contributed by atoms with Crippen LogP contribution in [0, 0.1) is 0 Å². The highest BCUT2D eigenvalue weighted by molar-refractivity contribution is 6.34. The highest BCUT2D eigenvalue weighted by Gasteiger charge is 2.09. The molecule has 2 rings (SSSR count). The average molecular weight is 305 g/mol. The minimum atomic E-state index is -0.330. The second-order valence-corrected chi connectivity index (χ2v) is 4.54. The first-order valence-electron chi connectivity index (χ1n) is 6.11. The minimum Gasteiger partial charge on any atom is -0.325 e. The molecular weight excluding hydrogens is 292 g/mol. The molecule has 0 fully saturated rings. The quantitative estimate of drug-likeness (QED) is 0.803. The van der Waals surface area contributed by atoms with Gasteiger partial charge in [0.05, 0.1) is 17.3 Å². The first kappa shape index (κ1) is 15.0. The second-order valence-electron chi connectivity index (χ2n) is 4.14. The molecule has 2 aromatic rings. The summed E-state index contributed by atoms with van der Waals surface area (Å²) in [6.45, 7) is -0.124. The first-order chi connectivity index (χ1) is 10.1. The van der Waals surface area contributed by atoms with Crippen LogP contribution in [0.15, 0.2) is 42.7 Å². The van der Waals surface area contributed by atoms with Gasteiger partial charge in [0.1, 0.15) is 0 Å². The number of nitrogens with one attached hydrogen (secondary N) is 2. The molecule has 0 unspecified atom stereocenters. The molecule has 1 heterocycles. The number of nitrogens with zero attached hydrogens (tertiary/aromatic N) is 1. The van der Waals surface area contributed by atoms with E-state index in [2.05, 4.69) is 15.6 Å². The van der Waals surface area contributed by atoms with Gasteiger partial charge in [-0.1, -0.05) is 11.6 Å². The van der Waals surface area contributed by atoms with Crippen molar-refractivity contribution >= 4 is 34.8 Å². The molecule has 21 heavy (non-hydrogen) atoms. The zero-order valence-electron chi connectivity index (χ0n) is 11.0. The molecule has 7 heteroatoms. The lowest BCUT2D eigenvalue weighted by Gasteiger charge is -2.10. The van der Waals surface area contributed by atoms with Gasteiger partial charge in [0.25, 0.3) is 5.91 Å². The highest BCUT2D eigenvalue weighted by atomic mass is 35.5. The number of rotatable bonds is 4. The van der Waals surface area contributed by atoms with Crippen molar-refractivity contribution in [2.75, 3.05) is 17.2 Å². The molecule has 4 N–H and O–H groups in total. The van der Waals surface area contributed by atoms with Crippen LogP contribution >= 0.6 is 11.6 Å². The van der Waals surface area contributed by atoms with Crippen molar-refractivity contribution in [1.29, 1.82) is 0 Å². The summed E-state index contributed by atoms with van der Waals surface area (Å²) in [5.74, 6) is -0.648. The van der Waals surface area contributed by atoms with Crippen molar-refractivity contribution in [3.05, 3.63) is 53.3 Å². The number of halogens is 1. The van der Waals surface area contributed by atoms with E-state index in [1.54, 1.807) is 30.3 Å². The molecule has 0 bridgehead atoms. The maximum atomic E-state index is 12.1. The fourth-order valence-electron chi connectivity index (χ4n) is 1.61. The number of hydrogen-bond donors (Lipinski definition) is 3. The molecule has 2 amide bonds. The van der Waals surface area contributed by atoms with Crippen LogP contribution in [0.2, 0.25) is 5.02 Å². The van der Waals surface area contributed by atoms with Gasteiger partial charge in [0.2, 0.25) is 5.91 Å². The van der Waals surface area contributed by atoms with Gasteiger partial charge in [0.15, 0.2) is 0 Å². The van der Waals surface area contributed by atoms with Gasteiger partial charge in [-0.2, -0.15) is 0 Å². The summed E-state index contributed by atoms with van der Waals surface area (Å²) in [5.41, 5.74) is 6.58. The second kappa shape index (κ2) is 6.83. The minimum absolute atomic E-state index is 0.124. The van der Waals surface area contributed by atoms with E-state index in [0.717, 1.165) is 0 Å². The molecule has 1 aromatic heterocycles. The van der Waals surface area contributed by atoms with Gasteiger partial charge in [-0.15, -0.1) is 0 Å². The number of carbonyl (C=O) groups excluding carboxylic acids is 2. The van der Waals surface area contributed by atoms with E-state index in [-0.39, 0.29) is 18.4 Å². The summed E-state index contributed by atoms with van der Waals surface area (Å²) < 4.78 is 0. The number of hydrogen-bond acceptors (Lipinski definition) is 4. The van der Waals surface area contributed by atoms with Gasteiger partial charge >= 0.3 is 0 Å². The van der Waals surface area contributed by atoms with Crippen molar-refractivity contribution in [3.8, 4) is 0 Å². The van der Waals surface area contributed by atoms with Crippen molar-refractivity contribution < 1.29 is 9.59 Å². The standard InChI is InChI=1S/C14H13ClN4O2/c15-11-2-1-10(18-13(20)8-16)7-12(11)19-14(21)9-3-5-17-6-4-9/h1-7H,8,16H2,(H,18,20)(H,19,21). The maximum absolute atomic E-state index is 12.1. The normalized spacial score (nSPS) is 10.0. The lowest BCUT2D eigenvalue weighted by molar-refractivity contribution is -0.114. The summed E-state index contributed by atoms with van der Waals surface area (Å²) in [7, 11) is 0. The topological polar surface area (TPSA) is 97.1 Å². The number of amides is 2. The third-order valence-electron chi connectivity index (χ3n) is 2.63. The van der Waals surface area contributed by atoms with Gasteiger partial charge in [0, 0.05) is 23.6 Å². The van der Waals surface area contributed by atoms with E-state index in [0.29, 0.717) is 22.0 Å². The van der Waals surface area contributed by atoms with E-state index in [1.165, 1.54) is 12.4 Å². The Labute approximate surface area is 126 Å². The summed E-state index contributed by atoms with van der Waals surface area (Å²) in [6, 6.07) is 7.94. The number of nitrogens with two attached hydrogens (primary N) is 1. The van der Waals surface area contributed by atoms with Crippen molar-refractivity contribution in [3.63, 3.8) is 0 Å². The van der Waals surface area contributed by atoms with Crippen LogP contribution in [0.5, 0.6) is 0 Å². The molecule has 0 atom stereocenters. The Kier molecular flexibility index (Phi) is 4.86. The monoisotopic (exact) mass is 304 g/mol. The molecule has 0 saturated heterocycles. The number of aromatic nitrogens is 1. The molecule has 108 valence electrons. The van der Waals surface area contributed by atoms with Crippen LogP contribution in [-0.4, -0.2) is 23.3 Å². The summed E-state index contributed by atoms with van der Waals surface area (Å²) in [4.78, 5) is 27.2. The van der Waals surface area contributed by atoms with E-state index < -0.39 is 0 Å². The molecule has 0 aliphatic heterocycles. The Morgan fingerprint density at radius 1 is 1.14 bits per heavy atom. The van der Waals surface area contributed by atoms with Crippen molar-refractivity contribution in [1.82, 2.24) is 4.98 Å². The summed E-state index contributed by atoms with van der Waals surface area (Å²) in [5, 5.41) is 5.63. The van der Waals surface area contributed by atoms with Crippen LogP contribution < -0.4 is 16.4 Å². The van der Waals surface area contributed by atoms with Gasteiger partial charge in [-0.05, 0) is 30.3 Å². The average Bonchev–Trinajstić information content (AvgIpc) is 2.51. The lowest BCUT2D eigenvalue weighted by Crippen LogP contribution is -2.22. The molecule has 0 spiro atoms. The first-order valence-corrected chi connectivity index (χ1v) is 6.49.